The number of aliphatic carboxylic acids is 1. The van der Waals surface area contributed by atoms with Gasteiger partial charge < -0.3 is 29.4 Å². The lowest BCUT2D eigenvalue weighted by Crippen LogP contribution is -2.22. The van der Waals surface area contributed by atoms with Crippen molar-refractivity contribution in [2.75, 3.05) is 32.2 Å². The van der Waals surface area contributed by atoms with Crippen molar-refractivity contribution in [3.63, 3.8) is 0 Å². The monoisotopic (exact) mass is 890 g/mol. The number of rotatable bonds is 19. The van der Waals surface area contributed by atoms with E-state index in [0.29, 0.717) is 47.2 Å². The third-order valence-electron chi connectivity index (χ3n) is 10.0. The van der Waals surface area contributed by atoms with Crippen LogP contribution in [0.25, 0.3) is 32.2 Å². The highest BCUT2D eigenvalue weighted by Gasteiger charge is 2.38. The number of fused-ring (bicyclic) bond motifs is 2. The van der Waals surface area contributed by atoms with Gasteiger partial charge in [0.25, 0.3) is 0 Å². The molecular weight excluding hydrogens is 850 g/mol. The molecule has 0 radical (unpaired) electrons. The van der Waals surface area contributed by atoms with Gasteiger partial charge in [-0.15, -0.1) is 0 Å². The number of nitrogens with zero attached hydrogens (tertiary/aromatic N) is 3. The van der Waals surface area contributed by atoms with Crippen LogP contribution in [0.5, 0.6) is 11.5 Å². The van der Waals surface area contributed by atoms with E-state index in [0.717, 1.165) is 61.9 Å². The second-order valence-electron chi connectivity index (χ2n) is 14.5. The van der Waals surface area contributed by atoms with Gasteiger partial charge in [-0.1, -0.05) is 66.4 Å². The van der Waals surface area contributed by atoms with Gasteiger partial charge in [0.15, 0.2) is 10.9 Å². The van der Waals surface area contributed by atoms with Crippen molar-refractivity contribution >= 4 is 61.2 Å². The van der Waals surface area contributed by atoms with E-state index in [1.165, 1.54) is 11.3 Å². The van der Waals surface area contributed by atoms with E-state index in [4.69, 9.17) is 24.3 Å². The lowest BCUT2D eigenvalue weighted by molar-refractivity contribution is -0.151. The van der Waals surface area contributed by atoms with Crippen LogP contribution in [0, 0.1) is 0 Å². The van der Waals surface area contributed by atoms with E-state index >= 15 is 0 Å². The molecule has 328 valence electrons. The summed E-state index contributed by atoms with van der Waals surface area (Å²) >= 11 is 1.42. The van der Waals surface area contributed by atoms with Crippen molar-refractivity contribution in [2.24, 2.45) is 0 Å². The number of anilines is 2. The highest BCUT2D eigenvalue weighted by Crippen LogP contribution is 2.41. The molecule has 16 heteroatoms. The number of methoxy groups -OCH3 is 1. The van der Waals surface area contributed by atoms with Crippen LogP contribution >= 0.6 is 11.3 Å². The number of esters is 2. The van der Waals surface area contributed by atoms with Gasteiger partial charge in [-0.3, -0.25) is 4.79 Å². The van der Waals surface area contributed by atoms with Gasteiger partial charge in [0.2, 0.25) is 0 Å². The van der Waals surface area contributed by atoms with E-state index < -0.39 is 29.7 Å². The molecule has 2 aromatic heterocycles. The molecule has 64 heavy (non-hydrogen) atoms. The number of benzene rings is 5. The van der Waals surface area contributed by atoms with E-state index in [-0.39, 0.29) is 25.4 Å². The molecule has 0 fully saturated rings. The number of ether oxygens (including phenoxy) is 4. The fraction of sp³-hybridized carbons (Fsp3) is 0.208. The molecule has 0 amide bonds. The van der Waals surface area contributed by atoms with E-state index in [2.05, 4.69) is 38.7 Å². The zero-order valence-electron chi connectivity index (χ0n) is 34.4. The van der Waals surface area contributed by atoms with Gasteiger partial charge >= 0.3 is 24.1 Å². The minimum Gasteiger partial charge on any atom is -0.490 e. The summed E-state index contributed by atoms with van der Waals surface area (Å²) in [4.78, 5) is 49.9. The normalized spacial score (nSPS) is 11.4. The third-order valence-corrected chi connectivity index (χ3v) is 11.0. The number of aromatic nitrogens is 3. The number of hydrogen-bond acceptors (Lipinski definition) is 12. The predicted molar refractivity (Wildman–Crippen MR) is 236 cm³/mol. The first-order valence-corrected chi connectivity index (χ1v) is 20.9. The van der Waals surface area contributed by atoms with Gasteiger partial charge in [-0.25, -0.2) is 24.5 Å². The first-order valence-electron chi connectivity index (χ1n) is 20.1. The average Bonchev–Trinajstić information content (AvgIpc) is 3.72. The van der Waals surface area contributed by atoms with Gasteiger partial charge in [0.05, 0.1) is 22.4 Å². The highest BCUT2D eigenvalue weighted by molar-refractivity contribution is 7.22. The Balaban J connectivity index is 1.05. The summed E-state index contributed by atoms with van der Waals surface area (Å²) in [5.41, 5.74) is 5.56. The third kappa shape index (κ3) is 11.6. The Morgan fingerprint density at radius 1 is 0.797 bits per heavy atom. The van der Waals surface area contributed by atoms with Gasteiger partial charge in [0.1, 0.15) is 35.9 Å². The number of carboxylic acids is 1. The van der Waals surface area contributed by atoms with Gasteiger partial charge in [0, 0.05) is 42.8 Å². The Hall–Kier alpha value is -7.17. The van der Waals surface area contributed by atoms with Crippen molar-refractivity contribution in [1.82, 2.24) is 15.0 Å². The van der Waals surface area contributed by atoms with Crippen molar-refractivity contribution in [1.29, 1.82) is 0 Å². The molecule has 0 saturated carbocycles. The van der Waals surface area contributed by atoms with Crippen LogP contribution in [0.1, 0.15) is 39.3 Å². The summed E-state index contributed by atoms with van der Waals surface area (Å²) in [6, 6.07) is 31.5. The largest absolute Gasteiger partial charge is 0.490 e. The molecule has 12 nitrogen and oxygen atoms in total. The maximum atomic E-state index is 13.4. The number of alkyl halides is 3. The van der Waals surface area contributed by atoms with Crippen molar-refractivity contribution in [2.45, 2.75) is 38.3 Å². The quantitative estimate of drug-likeness (QED) is 0.0343. The number of halogens is 3. The molecule has 2 heterocycles. The number of thiazole rings is 1. The second-order valence-corrected chi connectivity index (χ2v) is 15.5. The Kier molecular flexibility index (Phi) is 14.3. The Bertz CT molecular complexity index is 2800. The lowest BCUT2D eigenvalue weighted by Gasteiger charge is -2.11. The molecule has 0 spiro atoms. The SMILES string of the molecule is C=C(C(=O)OCCOc1ccc(CCc2ccc(-c3ccc(OC(=O)c4ccc(CCC(=O)O)cc4)c4nc(Nc5ccc6nc(CCOC)ncc6c5)sc34)cc2)cc1)C(F)(F)F. The number of carbonyl (C=O) groups excluding carboxylic acids is 2. The fourth-order valence-corrected chi connectivity index (χ4v) is 7.58. The van der Waals surface area contributed by atoms with Crippen LogP contribution in [-0.2, 0) is 44.7 Å². The smallest absolute Gasteiger partial charge is 0.422 e. The van der Waals surface area contributed by atoms with Crippen LogP contribution in [0.2, 0.25) is 0 Å². The van der Waals surface area contributed by atoms with Crippen LogP contribution in [0.4, 0.5) is 24.0 Å². The predicted octanol–water partition coefficient (Wildman–Crippen LogP) is 9.90. The Morgan fingerprint density at radius 3 is 2.17 bits per heavy atom. The van der Waals surface area contributed by atoms with E-state index in [9.17, 15) is 27.6 Å². The summed E-state index contributed by atoms with van der Waals surface area (Å²) in [6.45, 7) is 2.77. The fourth-order valence-electron chi connectivity index (χ4n) is 6.54. The zero-order valence-corrected chi connectivity index (χ0v) is 35.3. The van der Waals surface area contributed by atoms with Crippen molar-refractivity contribution < 1.29 is 51.6 Å². The number of hydrogen-bond donors (Lipinski definition) is 2. The summed E-state index contributed by atoms with van der Waals surface area (Å²) in [5.74, 6) is -1.55. The molecule has 0 atom stereocenters. The number of aryl methyl sites for hydroxylation is 3. The average molecular weight is 891 g/mol. The van der Waals surface area contributed by atoms with Crippen LogP contribution < -0.4 is 14.8 Å². The summed E-state index contributed by atoms with van der Waals surface area (Å²) in [7, 11) is 1.64. The second kappa shape index (κ2) is 20.3. The molecule has 7 rings (SSSR count). The lowest BCUT2D eigenvalue weighted by atomic mass is 10.00. The summed E-state index contributed by atoms with van der Waals surface area (Å²) in [6.07, 6.45) is -0.669. The Labute approximate surface area is 369 Å². The molecule has 0 aliphatic rings. The maximum Gasteiger partial charge on any atom is 0.422 e. The highest BCUT2D eigenvalue weighted by atomic mass is 32.1. The molecule has 7 aromatic rings. The zero-order chi connectivity index (χ0) is 45.2. The number of nitrogens with one attached hydrogen (secondary N) is 1. The van der Waals surface area contributed by atoms with Crippen LogP contribution in [0.15, 0.2) is 121 Å². The molecule has 0 aliphatic heterocycles. The van der Waals surface area contributed by atoms with Gasteiger partial charge in [-0.2, -0.15) is 13.2 Å². The molecule has 5 aromatic carbocycles. The molecular formula is C48H41F3N4O8S. The standard InChI is InChI=1S/C48H41F3N4O8S/c1-29(48(49,50)51)45(58)62-26-25-61-37-17-9-31(10-18-37)4-3-30-5-12-33(13-6-30)38-19-21-40(63-46(59)34-14-7-32(8-15-34)11-22-42(56)57)43-44(38)64-47(55-43)53-36-16-20-39-35(27-36)28-52-41(54-39)23-24-60-2/h5-10,12-21,27-28H,1,3-4,11,22-26H2,2H3,(H,53,55)(H,56,57). The molecule has 0 unspecified atom stereocenters. The summed E-state index contributed by atoms with van der Waals surface area (Å²) < 4.78 is 59.8. The molecule has 0 bridgehead atoms. The van der Waals surface area contributed by atoms with Crippen LogP contribution in [-0.4, -0.2) is 71.1 Å². The van der Waals surface area contributed by atoms with Crippen molar-refractivity contribution in [3.8, 4) is 22.6 Å². The first-order chi connectivity index (χ1) is 30.8. The molecule has 2 N–H and O–H groups in total. The maximum absolute atomic E-state index is 13.4. The van der Waals surface area contributed by atoms with E-state index in [1.807, 2.05) is 48.5 Å². The topological polar surface area (TPSA) is 159 Å². The first kappa shape index (κ1) is 44.9. The minimum atomic E-state index is -4.85. The molecule has 0 aliphatic carbocycles. The summed E-state index contributed by atoms with van der Waals surface area (Å²) in [5, 5.41) is 13.9. The van der Waals surface area contributed by atoms with E-state index in [1.54, 1.807) is 55.8 Å². The van der Waals surface area contributed by atoms with Crippen molar-refractivity contribution in [3.05, 3.63) is 150 Å². The molecule has 0 saturated heterocycles. The Morgan fingerprint density at radius 2 is 1.48 bits per heavy atom. The number of carboxylic acid groups (broad SMARTS) is 1. The van der Waals surface area contributed by atoms with Crippen LogP contribution in [0.3, 0.4) is 0 Å². The van der Waals surface area contributed by atoms with Gasteiger partial charge in [-0.05, 0) is 96.1 Å². The number of carbonyl (C=O) groups is 3. The minimum absolute atomic E-state index is 0.0153.